The lowest BCUT2D eigenvalue weighted by atomic mass is 9.99. The Balaban J connectivity index is 2.20. The predicted molar refractivity (Wildman–Crippen MR) is 92.0 cm³/mol. The van der Waals surface area contributed by atoms with Gasteiger partial charge in [-0.15, -0.1) is 0 Å². The first-order valence-corrected chi connectivity index (χ1v) is 7.99. The molecule has 0 saturated carbocycles. The molecule has 1 aromatic heterocycles. The van der Waals surface area contributed by atoms with Crippen molar-refractivity contribution in [3.8, 4) is 11.5 Å². The zero-order valence-electron chi connectivity index (χ0n) is 14.9. The van der Waals surface area contributed by atoms with Gasteiger partial charge in [-0.2, -0.15) is 0 Å². The highest BCUT2D eigenvalue weighted by molar-refractivity contribution is 6.03. The van der Waals surface area contributed by atoms with Crippen LogP contribution in [-0.2, 0) is 11.3 Å². The molecule has 24 heavy (non-hydrogen) atoms. The van der Waals surface area contributed by atoms with Crippen LogP contribution >= 0.6 is 0 Å². The Morgan fingerprint density at radius 3 is 2.42 bits per heavy atom. The summed E-state index contributed by atoms with van der Waals surface area (Å²) in [6.45, 7) is 5.91. The molecule has 2 heterocycles. The number of carbonyl (C=O) groups is 1. The van der Waals surface area contributed by atoms with Gasteiger partial charge in [0.15, 0.2) is 0 Å². The number of amides is 1. The number of benzene rings is 1. The van der Waals surface area contributed by atoms with Crippen LogP contribution in [0, 0.1) is 0 Å². The van der Waals surface area contributed by atoms with Gasteiger partial charge in [-0.05, 0) is 32.0 Å². The first-order chi connectivity index (χ1) is 11.4. The van der Waals surface area contributed by atoms with Gasteiger partial charge >= 0.3 is 0 Å². The van der Waals surface area contributed by atoms with Gasteiger partial charge in [0.05, 0.1) is 31.9 Å². The van der Waals surface area contributed by atoms with Crippen LogP contribution in [-0.4, -0.2) is 55.4 Å². The highest BCUT2D eigenvalue weighted by Gasteiger charge is 2.39. The fourth-order valence-electron chi connectivity index (χ4n) is 3.48. The average molecular weight is 332 g/mol. The van der Waals surface area contributed by atoms with E-state index in [0.717, 1.165) is 22.4 Å². The van der Waals surface area contributed by atoms with Crippen molar-refractivity contribution in [2.45, 2.75) is 25.9 Å². The molecule has 130 valence electrons. The summed E-state index contributed by atoms with van der Waals surface area (Å²) < 4.78 is 18.2. The van der Waals surface area contributed by atoms with Crippen molar-refractivity contribution in [1.82, 2.24) is 9.47 Å². The summed E-state index contributed by atoms with van der Waals surface area (Å²) in [6.07, 6.45) is 0. The normalized spacial score (nSPS) is 16.4. The van der Waals surface area contributed by atoms with Gasteiger partial charge in [-0.25, -0.2) is 0 Å². The third-order valence-electron chi connectivity index (χ3n) is 4.68. The Morgan fingerprint density at radius 1 is 1.12 bits per heavy atom. The molecule has 0 unspecified atom stereocenters. The third-order valence-corrected chi connectivity index (χ3v) is 4.68. The number of nitrogens with zero attached hydrogens (tertiary/aromatic N) is 2. The monoisotopic (exact) mass is 332 g/mol. The molecule has 0 aliphatic carbocycles. The van der Waals surface area contributed by atoms with Gasteiger partial charge in [0.2, 0.25) is 0 Å². The molecule has 0 spiro atoms. The third kappa shape index (κ3) is 2.41. The second-order valence-electron chi connectivity index (χ2n) is 6.61. The molecule has 0 saturated heterocycles. The van der Waals surface area contributed by atoms with Crippen LogP contribution in [0.2, 0.25) is 0 Å². The summed E-state index contributed by atoms with van der Waals surface area (Å²) >= 11 is 0. The minimum Gasteiger partial charge on any atom is -0.496 e. The van der Waals surface area contributed by atoms with Crippen molar-refractivity contribution in [1.29, 1.82) is 0 Å². The number of ether oxygens (including phenoxy) is 3. The van der Waals surface area contributed by atoms with E-state index in [9.17, 15) is 4.79 Å². The van der Waals surface area contributed by atoms with E-state index in [1.165, 1.54) is 0 Å². The number of aromatic nitrogens is 1. The van der Waals surface area contributed by atoms with Crippen LogP contribution in [0.1, 0.15) is 24.3 Å². The number of methoxy groups -OCH3 is 3. The number of carbonyl (C=O) groups excluding carboxylic acids is 1. The standard InChI is InChI=1S/C18H24N2O4/c1-18(2)11-19-13(17(21)20(18)8-9-22-3)10-12-14(23-4)6-7-15(24-5)16(12)19/h6-7,10H,8-9,11H2,1-5H3. The molecule has 0 bridgehead atoms. The maximum atomic E-state index is 13.1. The lowest BCUT2D eigenvalue weighted by Crippen LogP contribution is -2.55. The summed E-state index contributed by atoms with van der Waals surface area (Å²) in [5.74, 6) is 1.48. The van der Waals surface area contributed by atoms with E-state index in [4.69, 9.17) is 14.2 Å². The lowest BCUT2D eigenvalue weighted by molar-refractivity contribution is 0.0323. The Morgan fingerprint density at radius 2 is 1.79 bits per heavy atom. The maximum Gasteiger partial charge on any atom is 0.271 e. The van der Waals surface area contributed by atoms with Crippen molar-refractivity contribution in [3.63, 3.8) is 0 Å². The Labute approximate surface area is 141 Å². The van der Waals surface area contributed by atoms with Gasteiger partial charge in [0, 0.05) is 25.6 Å². The van der Waals surface area contributed by atoms with Gasteiger partial charge in [-0.1, -0.05) is 0 Å². The van der Waals surface area contributed by atoms with Crippen LogP contribution in [0.5, 0.6) is 11.5 Å². The highest BCUT2D eigenvalue weighted by atomic mass is 16.5. The Bertz CT molecular complexity index is 779. The zero-order chi connectivity index (χ0) is 17.5. The molecule has 0 atom stereocenters. The SMILES string of the molecule is COCCN1C(=O)c2cc3c(OC)ccc(OC)c3n2CC1(C)C. The zero-order valence-corrected chi connectivity index (χ0v) is 14.9. The molecule has 1 aromatic carbocycles. The molecule has 0 fully saturated rings. The molecule has 6 heteroatoms. The number of fused-ring (bicyclic) bond motifs is 3. The largest absolute Gasteiger partial charge is 0.496 e. The van der Waals surface area contributed by atoms with E-state index in [1.54, 1.807) is 21.3 Å². The number of hydrogen-bond donors (Lipinski definition) is 0. The molecule has 0 radical (unpaired) electrons. The summed E-state index contributed by atoms with van der Waals surface area (Å²) in [5.41, 5.74) is 1.24. The van der Waals surface area contributed by atoms with Gasteiger partial charge < -0.3 is 23.7 Å². The van der Waals surface area contributed by atoms with Crippen molar-refractivity contribution in [2.75, 3.05) is 34.5 Å². The second kappa shape index (κ2) is 6.02. The van der Waals surface area contributed by atoms with E-state index in [1.807, 2.05) is 27.7 Å². The number of hydrogen-bond acceptors (Lipinski definition) is 4. The topological polar surface area (TPSA) is 52.9 Å². The molecule has 6 nitrogen and oxygen atoms in total. The molecule has 3 rings (SSSR count). The van der Waals surface area contributed by atoms with E-state index in [-0.39, 0.29) is 11.4 Å². The lowest BCUT2D eigenvalue weighted by Gasteiger charge is -2.43. The average Bonchev–Trinajstić information content (AvgIpc) is 2.92. The molecule has 0 N–H and O–H groups in total. The van der Waals surface area contributed by atoms with E-state index >= 15 is 0 Å². The molecule has 1 aliphatic rings. The molecular weight excluding hydrogens is 308 g/mol. The van der Waals surface area contributed by atoms with Crippen molar-refractivity contribution >= 4 is 16.8 Å². The van der Waals surface area contributed by atoms with Crippen LogP contribution in [0.25, 0.3) is 10.9 Å². The minimum absolute atomic E-state index is 0.00334. The molecule has 1 aliphatic heterocycles. The van der Waals surface area contributed by atoms with E-state index in [2.05, 4.69) is 13.8 Å². The van der Waals surface area contributed by atoms with Crippen molar-refractivity contribution in [2.24, 2.45) is 0 Å². The minimum atomic E-state index is -0.317. The molecule has 2 aromatic rings. The van der Waals surface area contributed by atoms with Gasteiger partial charge in [0.1, 0.15) is 17.2 Å². The Kier molecular flexibility index (Phi) is 4.17. The Hall–Kier alpha value is -2.21. The van der Waals surface area contributed by atoms with Crippen LogP contribution in [0.4, 0.5) is 0 Å². The highest BCUT2D eigenvalue weighted by Crippen LogP contribution is 2.39. The quantitative estimate of drug-likeness (QED) is 0.844. The maximum absolute atomic E-state index is 13.1. The fourth-order valence-corrected chi connectivity index (χ4v) is 3.48. The predicted octanol–water partition coefficient (Wildman–Crippen LogP) is 2.54. The summed E-state index contributed by atoms with van der Waals surface area (Å²) in [5, 5.41) is 0.893. The van der Waals surface area contributed by atoms with E-state index < -0.39 is 0 Å². The molecular formula is C18H24N2O4. The van der Waals surface area contributed by atoms with Gasteiger partial charge in [0.25, 0.3) is 5.91 Å². The fraction of sp³-hybridized carbons (Fsp3) is 0.500. The van der Waals surface area contributed by atoms with Gasteiger partial charge in [-0.3, -0.25) is 4.79 Å². The second-order valence-corrected chi connectivity index (χ2v) is 6.61. The number of rotatable bonds is 5. The first kappa shape index (κ1) is 16.6. The van der Waals surface area contributed by atoms with E-state index in [0.29, 0.717) is 25.4 Å². The smallest absolute Gasteiger partial charge is 0.271 e. The van der Waals surface area contributed by atoms with Crippen molar-refractivity contribution < 1.29 is 19.0 Å². The summed E-state index contributed by atoms with van der Waals surface area (Å²) in [4.78, 5) is 15.0. The molecule has 1 amide bonds. The van der Waals surface area contributed by atoms with Crippen LogP contribution < -0.4 is 9.47 Å². The van der Waals surface area contributed by atoms with Crippen LogP contribution in [0.3, 0.4) is 0 Å². The summed E-state index contributed by atoms with van der Waals surface area (Å²) in [7, 11) is 4.92. The van der Waals surface area contributed by atoms with Crippen LogP contribution in [0.15, 0.2) is 18.2 Å². The van der Waals surface area contributed by atoms with Crippen molar-refractivity contribution in [3.05, 3.63) is 23.9 Å². The summed E-state index contributed by atoms with van der Waals surface area (Å²) in [6, 6.07) is 5.64. The first-order valence-electron chi connectivity index (χ1n) is 7.99.